The van der Waals surface area contributed by atoms with Gasteiger partial charge < -0.3 is 10.2 Å². The third kappa shape index (κ3) is 3.49. The second-order valence-corrected chi connectivity index (χ2v) is 10.5. The van der Waals surface area contributed by atoms with E-state index in [9.17, 15) is 18.0 Å². The van der Waals surface area contributed by atoms with Gasteiger partial charge in [0, 0.05) is 40.1 Å². The van der Waals surface area contributed by atoms with Crippen molar-refractivity contribution in [3.63, 3.8) is 0 Å². The highest BCUT2D eigenvalue weighted by molar-refractivity contribution is 7.89. The van der Waals surface area contributed by atoms with E-state index < -0.39 is 16.1 Å². The second-order valence-electron chi connectivity index (χ2n) is 8.13. The summed E-state index contributed by atoms with van der Waals surface area (Å²) in [5.41, 5.74) is 1.98. The number of anilines is 2. The molecule has 1 atom stereocenters. The molecule has 0 bridgehead atoms. The molecular weight excluding hydrogens is 462 g/mol. The predicted octanol–water partition coefficient (Wildman–Crippen LogP) is 4.27. The van der Waals surface area contributed by atoms with Crippen molar-refractivity contribution in [1.82, 2.24) is 4.31 Å². The highest BCUT2D eigenvalue weighted by atomic mass is 35.5. The lowest BCUT2D eigenvalue weighted by molar-refractivity contribution is -0.119. The Kier molecular flexibility index (Phi) is 5.39. The minimum absolute atomic E-state index is 0.0578. The van der Waals surface area contributed by atoms with Gasteiger partial charge in [-0.1, -0.05) is 23.7 Å². The molecule has 3 aromatic carbocycles. The fourth-order valence-electron chi connectivity index (χ4n) is 4.72. The zero-order valence-corrected chi connectivity index (χ0v) is 19.5. The van der Waals surface area contributed by atoms with Crippen LogP contribution in [0.25, 0.3) is 10.8 Å². The van der Waals surface area contributed by atoms with Gasteiger partial charge in [-0.25, -0.2) is 8.42 Å². The molecule has 0 spiro atoms. The monoisotopic (exact) mass is 483 g/mol. The van der Waals surface area contributed by atoms with Crippen LogP contribution in [-0.4, -0.2) is 43.7 Å². The zero-order valence-electron chi connectivity index (χ0n) is 17.9. The smallest absolute Gasteiger partial charge is 0.258 e. The number of rotatable bonds is 5. The van der Waals surface area contributed by atoms with E-state index >= 15 is 0 Å². The highest BCUT2D eigenvalue weighted by Crippen LogP contribution is 2.40. The minimum atomic E-state index is -3.84. The van der Waals surface area contributed by atoms with Crippen LogP contribution in [0.3, 0.4) is 0 Å². The first-order chi connectivity index (χ1) is 15.8. The molecule has 1 fully saturated rings. The average Bonchev–Trinajstić information content (AvgIpc) is 3.41. The van der Waals surface area contributed by atoms with Crippen molar-refractivity contribution in [2.75, 3.05) is 23.3 Å². The molecule has 2 amide bonds. The van der Waals surface area contributed by atoms with E-state index in [2.05, 4.69) is 5.32 Å². The third-order valence-electron chi connectivity index (χ3n) is 6.29. The minimum Gasteiger partial charge on any atom is -0.324 e. The van der Waals surface area contributed by atoms with Crippen molar-refractivity contribution >= 4 is 55.6 Å². The van der Waals surface area contributed by atoms with Gasteiger partial charge in [-0.15, -0.1) is 0 Å². The van der Waals surface area contributed by atoms with Crippen LogP contribution in [-0.2, 0) is 14.8 Å². The van der Waals surface area contributed by atoms with Crippen molar-refractivity contribution in [2.45, 2.75) is 30.7 Å². The molecule has 2 heterocycles. The number of carbonyl (C=O) groups excluding carboxylic acids is 2. The van der Waals surface area contributed by atoms with Crippen LogP contribution >= 0.6 is 11.6 Å². The molecule has 5 rings (SSSR count). The summed E-state index contributed by atoms with van der Waals surface area (Å²) in [6.07, 6.45) is 1.02. The summed E-state index contributed by atoms with van der Waals surface area (Å²) in [5, 5.41) is 4.93. The van der Waals surface area contributed by atoms with Gasteiger partial charge in [-0.05, 0) is 62.2 Å². The lowest BCUT2D eigenvalue weighted by Crippen LogP contribution is -2.43. The Hall–Kier alpha value is -2.94. The Morgan fingerprint density at radius 3 is 2.61 bits per heavy atom. The fraction of sp³-hybridized carbons (Fsp3) is 0.250. The predicted molar refractivity (Wildman–Crippen MR) is 128 cm³/mol. The van der Waals surface area contributed by atoms with Crippen LogP contribution in [0, 0.1) is 0 Å². The van der Waals surface area contributed by atoms with Crippen LogP contribution in [0.5, 0.6) is 0 Å². The van der Waals surface area contributed by atoms with E-state index in [0.717, 1.165) is 16.5 Å². The first-order valence-corrected chi connectivity index (χ1v) is 12.6. The number of nitrogens with one attached hydrogen (secondary N) is 1. The van der Waals surface area contributed by atoms with Crippen LogP contribution in [0.2, 0.25) is 5.02 Å². The molecule has 170 valence electrons. The maximum absolute atomic E-state index is 13.3. The number of amides is 2. The van der Waals surface area contributed by atoms with E-state index in [1.807, 2.05) is 19.1 Å². The Morgan fingerprint density at radius 1 is 1.12 bits per heavy atom. The van der Waals surface area contributed by atoms with Gasteiger partial charge in [0.05, 0.1) is 10.6 Å². The van der Waals surface area contributed by atoms with E-state index in [1.54, 1.807) is 23.1 Å². The van der Waals surface area contributed by atoms with Gasteiger partial charge in [0.15, 0.2) is 0 Å². The molecule has 33 heavy (non-hydrogen) atoms. The van der Waals surface area contributed by atoms with Crippen LogP contribution < -0.4 is 10.2 Å². The number of nitrogens with zero attached hydrogens (tertiary/aromatic N) is 2. The standard InChI is InChI=1S/C24H22ClN3O4S/c1-2-27-20-13-12-19(17-5-3-6-18(22(17)20)24(27)30)26-23(29)21-7-4-14-28(21)33(31,32)16-10-8-15(25)9-11-16/h3,5-6,8-13,21H,2,4,7,14H2,1H3,(H,26,29)/t21-/m1/s1. The summed E-state index contributed by atoms with van der Waals surface area (Å²) in [4.78, 5) is 27.8. The molecular formula is C24H22ClN3O4S. The highest BCUT2D eigenvalue weighted by Gasteiger charge is 2.40. The van der Waals surface area contributed by atoms with Crippen molar-refractivity contribution in [2.24, 2.45) is 0 Å². The molecule has 7 nitrogen and oxygen atoms in total. The number of carbonyl (C=O) groups is 2. The number of hydrogen-bond acceptors (Lipinski definition) is 4. The molecule has 0 saturated carbocycles. The average molecular weight is 484 g/mol. The molecule has 0 aliphatic carbocycles. The summed E-state index contributed by atoms with van der Waals surface area (Å²) < 4.78 is 27.6. The molecule has 9 heteroatoms. The first-order valence-electron chi connectivity index (χ1n) is 10.8. The normalized spacial score (nSPS) is 18.3. The Labute approximate surface area is 197 Å². The van der Waals surface area contributed by atoms with Crippen molar-refractivity contribution in [3.05, 3.63) is 65.2 Å². The second kappa shape index (κ2) is 8.13. The van der Waals surface area contributed by atoms with Crippen molar-refractivity contribution in [3.8, 4) is 0 Å². The Bertz CT molecular complexity index is 1390. The first kappa shape index (κ1) is 21.9. The lowest BCUT2D eigenvalue weighted by atomic mass is 10.0. The largest absolute Gasteiger partial charge is 0.324 e. The zero-order chi connectivity index (χ0) is 23.3. The fourth-order valence-corrected chi connectivity index (χ4v) is 6.50. The van der Waals surface area contributed by atoms with Crippen molar-refractivity contribution < 1.29 is 18.0 Å². The number of sulfonamides is 1. The maximum atomic E-state index is 13.3. The molecule has 1 N–H and O–H groups in total. The number of benzene rings is 3. The summed E-state index contributed by atoms with van der Waals surface area (Å²) in [7, 11) is -3.84. The molecule has 0 radical (unpaired) electrons. The molecule has 0 unspecified atom stereocenters. The maximum Gasteiger partial charge on any atom is 0.258 e. The van der Waals surface area contributed by atoms with Gasteiger partial charge >= 0.3 is 0 Å². The third-order valence-corrected chi connectivity index (χ3v) is 8.46. The quantitative estimate of drug-likeness (QED) is 0.587. The van der Waals surface area contributed by atoms with Gasteiger partial charge in [0.2, 0.25) is 15.9 Å². The lowest BCUT2D eigenvalue weighted by Gasteiger charge is -2.24. The van der Waals surface area contributed by atoms with E-state index in [4.69, 9.17) is 11.6 Å². The van der Waals surface area contributed by atoms with Crippen LogP contribution in [0.1, 0.15) is 30.1 Å². The molecule has 2 aliphatic heterocycles. The summed E-state index contributed by atoms with van der Waals surface area (Å²) >= 11 is 5.90. The summed E-state index contributed by atoms with van der Waals surface area (Å²) in [5.74, 6) is -0.444. The number of halogens is 1. The van der Waals surface area contributed by atoms with Crippen LogP contribution in [0.4, 0.5) is 11.4 Å². The Morgan fingerprint density at radius 2 is 1.88 bits per heavy atom. The molecule has 0 aromatic heterocycles. The van der Waals surface area contributed by atoms with Gasteiger partial charge in [-0.2, -0.15) is 4.31 Å². The van der Waals surface area contributed by atoms with E-state index in [1.165, 1.54) is 28.6 Å². The molecule has 1 saturated heterocycles. The SMILES string of the molecule is CCN1C(=O)c2cccc3c(NC(=O)[C@H]4CCCN4S(=O)(=O)c4ccc(Cl)cc4)ccc1c23. The van der Waals surface area contributed by atoms with Crippen molar-refractivity contribution in [1.29, 1.82) is 0 Å². The molecule has 3 aromatic rings. The van der Waals surface area contributed by atoms with Gasteiger partial charge in [0.25, 0.3) is 5.91 Å². The van der Waals surface area contributed by atoms with Gasteiger partial charge in [-0.3, -0.25) is 9.59 Å². The topological polar surface area (TPSA) is 86.8 Å². The summed E-state index contributed by atoms with van der Waals surface area (Å²) in [6, 6.07) is 14.2. The van der Waals surface area contributed by atoms with E-state index in [-0.39, 0.29) is 23.3 Å². The van der Waals surface area contributed by atoms with Gasteiger partial charge in [0.1, 0.15) is 6.04 Å². The molecule has 2 aliphatic rings. The number of hydrogen-bond donors (Lipinski definition) is 1. The summed E-state index contributed by atoms with van der Waals surface area (Å²) in [6.45, 7) is 2.74. The Balaban J connectivity index is 1.46. The van der Waals surface area contributed by atoms with Crippen LogP contribution in [0.15, 0.2) is 59.5 Å². The van der Waals surface area contributed by atoms with E-state index in [0.29, 0.717) is 35.7 Å².